The van der Waals surface area contributed by atoms with E-state index in [-0.39, 0.29) is 0 Å². The molecule has 118 valence electrons. The molecule has 0 aliphatic heterocycles. The molecule has 0 aromatic carbocycles. The second-order valence-electron chi connectivity index (χ2n) is 6.21. The molecule has 0 unspecified atom stereocenters. The molecule has 1 saturated carbocycles. The van der Waals surface area contributed by atoms with E-state index < -0.39 is 0 Å². The molecule has 1 aliphatic carbocycles. The molecule has 1 aliphatic rings. The summed E-state index contributed by atoms with van der Waals surface area (Å²) in [6, 6.07) is 0. The first-order valence-corrected chi connectivity index (χ1v) is 8.50. The Morgan fingerprint density at radius 1 is 1.14 bits per heavy atom. The first-order valence-electron chi connectivity index (χ1n) is 8.50. The number of unbranched alkanes of at least 4 members (excludes halogenated alkanes) is 2. The van der Waals surface area contributed by atoms with Crippen molar-refractivity contribution in [2.24, 2.45) is 0 Å². The van der Waals surface area contributed by atoms with E-state index in [0.717, 1.165) is 37.0 Å². The van der Waals surface area contributed by atoms with E-state index in [2.05, 4.69) is 38.0 Å². The Labute approximate surface area is 129 Å². The van der Waals surface area contributed by atoms with Gasteiger partial charge in [-0.05, 0) is 32.6 Å². The predicted octanol–water partition coefficient (Wildman–Crippen LogP) is 4.11. The van der Waals surface area contributed by atoms with Gasteiger partial charge >= 0.3 is 0 Å². The van der Waals surface area contributed by atoms with E-state index in [9.17, 15) is 0 Å². The number of hydrogen-bond acceptors (Lipinski definition) is 4. The van der Waals surface area contributed by atoms with Crippen LogP contribution in [0.4, 0.5) is 11.6 Å². The first kappa shape index (κ1) is 16.1. The standard InChI is InChI=1S/C17H30N4/c1-5-7-8-12-21(4)17-13(3)15(18-11-6-2)19-16(20-17)14-9-10-14/h14H,5-12H2,1-4H3,(H,18,19,20). The van der Waals surface area contributed by atoms with Crippen molar-refractivity contribution in [3.05, 3.63) is 11.4 Å². The zero-order valence-electron chi connectivity index (χ0n) is 14.1. The van der Waals surface area contributed by atoms with Crippen molar-refractivity contribution in [3.63, 3.8) is 0 Å². The van der Waals surface area contributed by atoms with Gasteiger partial charge in [-0.25, -0.2) is 9.97 Å². The van der Waals surface area contributed by atoms with Crippen molar-refractivity contribution < 1.29 is 0 Å². The minimum atomic E-state index is 0.593. The Kier molecular flexibility index (Phi) is 5.83. The van der Waals surface area contributed by atoms with Gasteiger partial charge < -0.3 is 10.2 Å². The van der Waals surface area contributed by atoms with E-state index in [4.69, 9.17) is 9.97 Å². The van der Waals surface area contributed by atoms with E-state index in [0.29, 0.717) is 5.92 Å². The van der Waals surface area contributed by atoms with Gasteiger partial charge in [-0.1, -0.05) is 26.7 Å². The Balaban J connectivity index is 2.18. The molecule has 0 radical (unpaired) electrons. The maximum atomic E-state index is 4.86. The van der Waals surface area contributed by atoms with Crippen LogP contribution in [0, 0.1) is 6.92 Å². The predicted molar refractivity (Wildman–Crippen MR) is 90.3 cm³/mol. The Bertz CT molecular complexity index is 454. The SMILES string of the molecule is CCCCCN(C)c1nc(C2CC2)nc(NCCC)c1C. The molecular formula is C17H30N4. The largest absolute Gasteiger partial charge is 0.370 e. The van der Waals surface area contributed by atoms with Crippen molar-refractivity contribution in [1.29, 1.82) is 0 Å². The summed E-state index contributed by atoms with van der Waals surface area (Å²) in [5, 5.41) is 3.47. The van der Waals surface area contributed by atoms with E-state index in [1.54, 1.807) is 0 Å². The lowest BCUT2D eigenvalue weighted by Crippen LogP contribution is -2.22. The van der Waals surface area contributed by atoms with Crippen LogP contribution in [0.15, 0.2) is 0 Å². The van der Waals surface area contributed by atoms with E-state index >= 15 is 0 Å². The molecule has 21 heavy (non-hydrogen) atoms. The molecule has 1 heterocycles. The Hall–Kier alpha value is -1.32. The molecule has 4 nitrogen and oxygen atoms in total. The fourth-order valence-corrected chi connectivity index (χ4v) is 2.54. The summed E-state index contributed by atoms with van der Waals surface area (Å²) in [5.41, 5.74) is 1.19. The van der Waals surface area contributed by atoms with Gasteiger partial charge in [-0.15, -0.1) is 0 Å². The third-order valence-corrected chi connectivity index (χ3v) is 4.08. The fourth-order valence-electron chi connectivity index (χ4n) is 2.54. The summed E-state index contributed by atoms with van der Waals surface area (Å²) < 4.78 is 0. The number of aromatic nitrogens is 2. The second-order valence-corrected chi connectivity index (χ2v) is 6.21. The van der Waals surface area contributed by atoms with Crippen molar-refractivity contribution in [2.75, 3.05) is 30.4 Å². The molecule has 0 atom stereocenters. The van der Waals surface area contributed by atoms with Crippen LogP contribution in [0.5, 0.6) is 0 Å². The van der Waals surface area contributed by atoms with Crippen LogP contribution in [0.2, 0.25) is 0 Å². The van der Waals surface area contributed by atoms with Crippen LogP contribution in [0.3, 0.4) is 0 Å². The minimum absolute atomic E-state index is 0.593. The molecular weight excluding hydrogens is 260 g/mol. The normalized spacial score (nSPS) is 14.3. The molecule has 0 amide bonds. The summed E-state index contributed by atoms with van der Waals surface area (Å²) in [6.07, 6.45) is 7.37. The molecule has 1 N–H and O–H groups in total. The first-order chi connectivity index (χ1) is 10.2. The van der Waals surface area contributed by atoms with Crippen LogP contribution in [-0.4, -0.2) is 30.1 Å². The highest BCUT2D eigenvalue weighted by Crippen LogP contribution is 2.40. The van der Waals surface area contributed by atoms with Crippen molar-refractivity contribution >= 4 is 11.6 Å². The van der Waals surface area contributed by atoms with Crippen LogP contribution < -0.4 is 10.2 Å². The second kappa shape index (κ2) is 7.62. The monoisotopic (exact) mass is 290 g/mol. The smallest absolute Gasteiger partial charge is 0.137 e. The van der Waals surface area contributed by atoms with Crippen LogP contribution in [0.25, 0.3) is 0 Å². The highest BCUT2D eigenvalue weighted by molar-refractivity contribution is 5.58. The summed E-state index contributed by atoms with van der Waals surface area (Å²) in [4.78, 5) is 11.9. The minimum Gasteiger partial charge on any atom is -0.370 e. The molecule has 0 saturated heterocycles. The molecule has 4 heteroatoms. The summed E-state index contributed by atoms with van der Waals surface area (Å²) in [5.74, 6) is 3.78. The summed E-state index contributed by atoms with van der Waals surface area (Å²) in [6.45, 7) is 8.61. The van der Waals surface area contributed by atoms with Gasteiger partial charge in [0.15, 0.2) is 0 Å². The van der Waals surface area contributed by atoms with Crippen LogP contribution in [0.1, 0.15) is 69.7 Å². The van der Waals surface area contributed by atoms with Gasteiger partial charge in [0.2, 0.25) is 0 Å². The molecule has 0 bridgehead atoms. The number of rotatable bonds is 9. The lowest BCUT2D eigenvalue weighted by molar-refractivity contribution is 0.697. The fraction of sp³-hybridized carbons (Fsp3) is 0.765. The van der Waals surface area contributed by atoms with Crippen molar-refractivity contribution in [1.82, 2.24) is 9.97 Å². The molecule has 1 aromatic heterocycles. The quantitative estimate of drug-likeness (QED) is 0.695. The van der Waals surface area contributed by atoms with Gasteiger partial charge in [-0.2, -0.15) is 0 Å². The topological polar surface area (TPSA) is 41.1 Å². The number of hydrogen-bond donors (Lipinski definition) is 1. The van der Waals surface area contributed by atoms with Crippen LogP contribution >= 0.6 is 0 Å². The highest BCUT2D eigenvalue weighted by Gasteiger charge is 2.28. The Morgan fingerprint density at radius 2 is 1.90 bits per heavy atom. The maximum absolute atomic E-state index is 4.86. The van der Waals surface area contributed by atoms with Crippen molar-refractivity contribution in [3.8, 4) is 0 Å². The van der Waals surface area contributed by atoms with Gasteiger partial charge in [0.25, 0.3) is 0 Å². The van der Waals surface area contributed by atoms with Crippen LogP contribution in [-0.2, 0) is 0 Å². The number of anilines is 2. The lowest BCUT2D eigenvalue weighted by atomic mass is 10.2. The molecule has 1 aromatic rings. The van der Waals surface area contributed by atoms with E-state index in [1.165, 1.54) is 37.7 Å². The molecule has 1 fully saturated rings. The highest BCUT2D eigenvalue weighted by atomic mass is 15.2. The molecule has 2 rings (SSSR count). The number of nitrogens with zero attached hydrogens (tertiary/aromatic N) is 3. The zero-order valence-corrected chi connectivity index (χ0v) is 14.1. The summed E-state index contributed by atoms with van der Waals surface area (Å²) >= 11 is 0. The van der Waals surface area contributed by atoms with E-state index in [1.807, 2.05) is 0 Å². The van der Waals surface area contributed by atoms with Gasteiger partial charge in [0, 0.05) is 31.6 Å². The average molecular weight is 290 g/mol. The van der Waals surface area contributed by atoms with Crippen molar-refractivity contribution in [2.45, 2.75) is 65.2 Å². The number of nitrogens with one attached hydrogen (secondary N) is 1. The van der Waals surface area contributed by atoms with Gasteiger partial charge in [0.1, 0.15) is 17.5 Å². The molecule has 0 spiro atoms. The zero-order chi connectivity index (χ0) is 15.2. The lowest BCUT2D eigenvalue weighted by Gasteiger charge is -2.22. The Morgan fingerprint density at radius 3 is 2.52 bits per heavy atom. The third-order valence-electron chi connectivity index (χ3n) is 4.08. The van der Waals surface area contributed by atoms with Gasteiger partial charge in [-0.3, -0.25) is 0 Å². The van der Waals surface area contributed by atoms with Gasteiger partial charge in [0.05, 0.1) is 0 Å². The average Bonchev–Trinajstić information content (AvgIpc) is 3.31. The summed E-state index contributed by atoms with van der Waals surface area (Å²) in [7, 11) is 2.16. The third kappa shape index (κ3) is 4.32. The maximum Gasteiger partial charge on any atom is 0.137 e.